The van der Waals surface area contributed by atoms with Crippen LogP contribution in [-0.4, -0.2) is 40.0 Å². The second-order valence-electron chi connectivity index (χ2n) is 6.54. The van der Waals surface area contributed by atoms with Crippen molar-refractivity contribution in [1.29, 1.82) is 0 Å². The molecule has 0 bridgehead atoms. The molecule has 0 spiro atoms. The molecule has 2 amide bonds. The number of fused-ring (bicyclic) bond motifs is 1. The number of benzene rings is 2. The van der Waals surface area contributed by atoms with E-state index < -0.39 is 5.91 Å². The van der Waals surface area contributed by atoms with E-state index >= 15 is 0 Å². The van der Waals surface area contributed by atoms with Crippen molar-refractivity contribution in [1.82, 2.24) is 15.1 Å². The first-order valence-corrected chi connectivity index (χ1v) is 9.13. The van der Waals surface area contributed by atoms with Crippen LogP contribution in [-0.2, 0) is 4.79 Å². The molecule has 0 aliphatic rings. The van der Waals surface area contributed by atoms with Crippen molar-refractivity contribution in [2.75, 3.05) is 18.4 Å². The third-order valence-corrected chi connectivity index (χ3v) is 4.43. The lowest BCUT2D eigenvalue weighted by Crippen LogP contribution is -2.39. The van der Waals surface area contributed by atoms with Gasteiger partial charge >= 0.3 is 0 Å². The number of nitrogens with one attached hydrogen (secondary N) is 2. The molecule has 1 heterocycles. The summed E-state index contributed by atoms with van der Waals surface area (Å²) < 4.78 is 0. The van der Waals surface area contributed by atoms with Gasteiger partial charge in [-0.15, -0.1) is 0 Å². The minimum atomic E-state index is -0.394. The summed E-state index contributed by atoms with van der Waals surface area (Å²) >= 11 is 0. The third-order valence-electron chi connectivity index (χ3n) is 4.43. The Morgan fingerprint density at radius 1 is 1.07 bits per heavy atom. The highest BCUT2D eigenvalue weighted by atomic mass is 16.2. The molecular weight excluding hydrogens is 356 g/mol. The first-order chi connectivity index (χ1) is 13.5. The summed E-state index contributed by atoms with van der Waals surface area (Å²) in [4.78, 5) is 39.0. The van der Waals surface area contributed by atoms with E-state index in [1.54, 1.807) is 24.3 Å². The lowest BCUT2D eigenvalue weighted by molar-refractivity contribution is -0.116. The Kier molecular flexibility index (Phi) is 5.84. The van der Waals surface area contributed by atoms with Gasteiger partial charge in [0, 0.05) is 17.6 Å². The van der Waals surface area contributed by atoms with E-state index in [0.717, 1.165) is 5.56 Å². The smallest absolute Gasteiger partial charge is 0.275 e. The van der Waals surface area contributed by atoms with Gasteiger partial charge in [0.2, 0.25) is 5.91 Å². The molecule has 0 unspecified atom stereocenters. The van der Waals surface area contributed by atoms with Gasteiger partial charge < -0.3 is 10.2 Å². The maximum absolute atomic E-state index is 13.1. The van der Waals surface area contributed by atoms with E-state index in [9.17, 15) is 14.4 Å². The number of H-pyrrole nitrogens is 1. The van der Waals surface area contributed by atoms with E-state index in [1.807, 2.05) is 38.1 Å². The third kappa shape index (κ3) is 4.09. The van der Waals surface area contributed by atoms with E-state index in [0.29, 0.717) is 29.4 Å². The number of aromatic amines is 1. The summed E-state index contributed by atoms with van der Waals surface area (Å²) in [5.41, 5.74) is 1.43. The molecule has 144 valence electrons. The molecule has 0 radical (unpaired) electrons. The number of carbonyl (C=O) groups is 2. The van der Waals surface area contributed by atoms with Gasteiger partial charge in [0.1, 0.15) is 6.54 Å². The summed E-state index contributed by atoms with van der Waals surface area (Å²) in [6, 6.07) is 14.3. The van der Waals surface area contributed by atoms with Crippen molar-refractivity contribution < 1.29 is 9.59 Å². The largest absolute Gasteiger partial charge is 0.328 e. The van der Waals surface area contributed by atoms with Crippen LogP contribution in [0.15, 0.2) is 53.3 Å². The summed E-state index contributed by atoms with van der Waals surface area (Å²) in [5, 5.41) is 10.0. The van der Waals surface area contributed by atoms with Crippen LogP contribution >= 0.6 is 0 Å². The molecule has 3 rings (SSSR count). The highest BCUT2D eigenvalue weighted by Crippen LogP contribution is 2.16. The molecule has 2 aromatic carbocycles. The quantitative estimate of drug-likeness (QED) is 0.689. The number of carbonyl (C=O) groups excluding carboxylic acids is 2. The van der Waals surface area contributed by atoms with Gasteiger partial charge in [-0.1, -0.05) is 43.3 Å². The van der Waals surface area contributed by atoms with Crippen LogP contribution in [0.5, 0.6) is 0 Å². The summed E-state index contributed by atoms with van der Waals surface area (Å²) in [7, 11) is 0. The van der Waals surface area contributed by atoms with Gasteiger partial charge in [0.05, 0.1) is 5.39 Å². The molecule has 0 saturated heterocycles. The van der Waals surface area contributed by atoms with Crippen LogP contribution < -0.4 is 10.9 Å². The zero-order valence-corrected chi connectivity index (χ0v) is 15.9. The van der Waals surface area contributed by atoms with E-state index in [4.69, 9.17) is 0 Å². The zero-order valence-electron chi connectivity index (χ0n) is 15.9. The highest BCUT2D eigenvalue weighted by Gasteiger charge is 2.22. The van der Waals surface area contributed by atoms with Crippen LogP contribution in [0.2, 0.25) is 0 Å². The SMILES string of the molecule is CCCN(CC(=O)Nc1ccccc1C)C(=O)c1n[nH]c(=O)c2ccccc12. The fraction of sp³-hybridized carbons (Fsp3) is 0.238. The number of hydrogen-bond acceptors (Lipinski definition) is 4. The zero-order chi connectivity index (χ0) is 20.1. The number of amides is 2. The van der Waals surface area contributed by atoms with Crippen LogP contribution in [0.3, 0.4) is 0 Å². The molecule has 2 N–H and O–H groups in total. The molecule has 0 saturated carbocycles. The van der Waals surface area contributed by atoms with Crippen molar-refractivity contribution in [3.8, 4) is 0 Å². The Labute approximate surface area is 162 Å². The Morgan fingerprint density at radius 2 is 1.75 bits per heavy atom. The second kappa shape index (κ2) is 8.47. The predicted octanol–water partition coefficient (Wildman–Crippen LogP) is 2.72. The van der Waals surface area contributed by atoms with Gasteiger partial charge in [-0.3, -0.25) is 14.4 Å². The second-order valence-corrected chi connectivity index (χ2v) is 6.54. The van der Waals surface area contributed by atoms with E-state index in [2.05, 4.69) is 15.5 Å². The van der Waals surface area contributed by atoms with Crippen molar-refractivity contribution in [2.24, 2.45) is 0 Å². The van der Waals surface area contributed by atoms with Gasteiger partial charge in [-0.05, 0) is 31.0 Å². The van der Waals surface area contributed by atoms with Gasteiger partial charge in [0.25, 0.3) is 11.5 Å². The molecule has 28 heavy (non-hydrogen) atoms. The highest BCUT2D eigenvalue weighted by molar-refractivity contribution is 6.06. The summed E-state index contributed by atoms with van der Waals surface area (Å²) in [6.45, 7) is 4.13. The topological polar surface area (TPSA) is 95.2 Å². The average molecular weight is 378 g/mol. The summed E-state index contributed by atoms with van der Waals surface area (Å²) in [6.07, 6.45) is 0.685. The van der Waals surface area contributed by atoms with Crippen LogP contribution in [0.4, 0.5) is 5.69 Å². The van der Waals surface area contributed by atoms with Gasteiger partial charge in [-0.25, -0.2) is 5.10 Å². The van der Waals surface area contributed by atoms with Crippen molar-refractivity contribution in [3.05, 3.63) is 70.1 Å². The molecule has 0 aliphatic carbocycles. The molecule has 7 nitrogen and oxygen atoms in total. The summed E-state index contributed by atoms with van der Waals surface area (Å²) in [5.74, 6) is -0.681. The van der Waals surface area contributed by atoms with Crippen molar-refractivity contribution >= 4 is 28.3 Å². The number of rotatable bonds is 6. The number of nitrogens with zero attached hydrogens (tertiary/aromatic N) is 2. The lowest BCUT2D eigenvalue weighted by atomic mass is 10.1. The number of aryl methyl sites for hydroxylation is 1. The Morgan fingerprint density at radius 3 is 2.46 bits per heavy atom. The number of aromatic nitrogens is 2. The predicted molar refractivity (Wildman–Crippen MR) is 108 cm³/mol. The normalized spacial score (nSPS) is 10.6. The maximum atomic E-state index is 13.1. The van der Waals surface area contributed by atoms with E-state index in [-0.39, 0.29) is 23.7 Å². The fourth-order valence-corrected chi connectivity index (χ4v) is 3.03. The standard InChI is InChI=1S/C21H22N4O3/c1-3-12-25(13-18(26)22-17-11-7-4-8-14(17)2)21(28)19-15-9-5-6-10-16(15)20(27)24-23-19/h4-11H,3,12-13H2,1-2H3,(H,22,26)(H,24,27). The Hall–Kier alpha value is -3.48. The van der Waals surface area contributed by atoms with Gasteiger partial charge in [-0.2, -0.15) is 5.10 Å². The Bertz CT molecular complexity index is 1070. The average Bonchev–Trinajstić information content (AvgIpc) is 2.69. The Balaban J connectivity index is 1.85. The molecule has 3 aromatic rings. The molecule has 7 heteroatoms. The monoisotopic (exact) mass is 378 g/mol. The number of anilines is 1. The van der Waals surface area contributed by atoms with Crippen LogP contribution in [0, 0.1) is 6.92 Å². The molecular formula is C21H22N4O3. The molecule has 0 atom stereocenters. The van der Waals surface area contributed by atoms with Crippen LogP contribution in [0.1, 0.15) is 29.4 Å². The minimum absolute atomic E-state index is 0.101. The van der Waals surface area contributed by atoms with Crippen molar-refractivity contribution in [2.45, 2.75) is 20.3 Å². The minimum Gasteiger partial charge on any atom is -0.328 e. The maximum Gasteiger partial charge on any atom is 0.275 e. The van der Waals surface area contributed by atoms with Crippen molar-refractivity contribution in [3.63, 3.8) is 0 Å². The van der Waals surface area contributed by atoms with Crippen LogP contribution in [0.25, 0.3) is 10.8 Å². The first kappa shape index (κ1) is 19.3. The molecule has 0 aliphatic heterocycles. The molecule has 1 aromatic heterocycles. The number of hydrogen-bond donors (Lipinski definition) is 2. The molecule has 0 fully saturated rings. The number of para-hydroxylation sites is 1. The van der Waals surface area contributed by atoms with Gasteiger partial charge in [0.15, 0.2) is 5.69 Å². The first-order valence-electron chi connectivity index (χ1n) is 9.13. The fourth-order valence-electron chi connectivity index (χ4n) is 3.03. The lowest BCUT2D eigenvalue weighted by Gasteiger charge is -2.22. The van der Waals surface area contributed by atoms with E-state index in [1.165, 1.54) is 4.90 Å².